The van der Waals surface area contributed by atoms with Gasteiger partial charge in [-0.25, -0.2) is 9.59 Å². The van der Waals surface area contributed by atoms with E-state index in [-0.39, 0.29) is 12.4 Å². The average molecular weight is 341 g/mol. The third-order valence-electron chi connectivity index (χ3n) is 2.78. The molecule has 23 heavy (non-hydrogen) atoms. The number of carbonyl (C=O) groups excluding carboxylic acids is 1. The molecule has 0 unspecified atom stereocenters. The van der Waals surface area contributed by atoms with Crippen LogP contribution in [0, 0.1) is 0 Å². The number of aromatic amines is 1. The van der Waals surface area contributed by atoms with Gasteiger partial charge in [-0.1, -0.05) is 11.6 Å². The Labute approximate surface area is 137 Å². The van der Waals surface area contributed by atoms with Gasteiger partial charge in [-0.3, -0.25) is 0 Å². The lowest BCUT2D eigenvalue weighted by Crippen LogP contribution is -2.32. The van der Waals surface area contributed by atoms with E-state index in [4.69, 9.17) is 21.4 Å². The van der Waals surface area contributed by atoms with Crippen LogP contribution >= 0.6 is 11.6 Å². The van der Waals surface area contributed by atoms with Crippen LogP contribution in [0.4, 0.5) is 9.59 Å². The molecule has 0 spiro atoms. The molecule has 3 N–H and O–H groups in total. The number of hydrogen-bond acceptors (Lipinski definition) is 4. The van der Waals surface area contributed by atoms with Gasteiger partial charge in [0.2, 0.25) is 5.88 Å². The van der Waals surface area contributed by atoms with E-state index in [2.05, 4.69) is 15.0 Å². The zero-order valence-corrected chi connectivity index (χ0v) is 13.7. The van der Waals surface area contributed by atoms with Crippen molar-refractivity contribution in [1.29, 1.82) is 0 Å². The molecule has 1 aromatic heterocycles. The first-order valence-corrected chi connectivity index (χ1v) is 7.20. The van der Waals surface area contributed by atoms with Crippen molar-refractivity contribution in [2.24, 2.45) is 0 Å². The van der Waals surface area contributed by atoms with Crippen molar-refractivity contribution in [2.75, 3.05) is 0 Å². The van der Waals surface area contributed by atoms with Crippen molar-refractivity contribution in [2.45, 2.75) is 32.9 Å². The van der Waals surface area contributed by atoms with Gasteiger partial charge in [-0.2, -0.15) is 0 Å². The molecule has 8 heteroatoms. The fourth-order valence-electron chi connectivity index (χ4n) is 1.94. The summed E-state index contributed by atoms with van der Waals surface area (Å²) in [5.41, 5.74) is 0.722. The lowest BCUT2D eigenvalue weighted by atomic mass is 10.1. The van der Waals surface area contributed by atoms with Crippen LogP contribution in [-0.4, -0.2) is 27.9 Å². The number of fused-ring (bicyclic) bond motifs is 1. The molecule has 0 radical (unpaired) electrons. The molecule has 7 nitrogen and oxygen atoms in total. The molecular formula is C15H17ClN2O5. The topological polar surface area (TPSA) is 101 Å². The Bertz CT molecular complexity index is 748. The maximum atomic E-state index is 11.7. The highest BCUT2D eigenvalue weighted by molar-refractivity contribution is 6.32. The lowest BCUT2D eigenvalue weighted by Gasteiger charge is -2.19. The highest BCUT2D eigenvalue weighted by Crippen LogP contribution is 2.27. The van der Waals surface area contributed by atoms with Gasteiger partial charge in [0.05, 0.1) is 0 Å². The smallest absolute Gasteiger partial charge is 0.449 e. The number of aromatic nitrogens is 1. The molecule has 1 amide bonds. The van der Waals surface area contributed by atoms with Crippen LogP contribution in [0.15, 0.2) is 18.2 Å². The van der Waals surface area contributed by atoms with Crippen LogP contribution in [0.2, 0.25) is 5.02 Å². The number of H-pyrrole nitrogens is 1. The van der Waals surface area contributed by atoms with Crippen LogP contribution in [0.25, 0.3) is 10.9 Å². The van der Waals surface area contributed by atoms with E-state index in [1.165, 1.54) is 6.07 Å². The van der Waals surface area contributed by atoms with Crippen molar-refractivity contribution in [1.82, 2.24) is 10.3 Å². The summed E-state index contributed by atoms with van der Waals surface area (Å²) in [6, 6.07) is 4.91. The van der Waals surface area contributed by atoms with Crippen molar-refractivity contribution in [3.05, 3.63) is 28.8 Å². The molecule has 0 saturated carbocycles. The maximum Gasteiger partial charge on any atom is 0.512 e. The minimum absolute atomic E-state index is 0.0980. The fraction of sp³-hybridized carbons (Fsp3) is 0.333. The summed E-state index contributed by atoms with van der Waals surface area (Å²) in [5, 5.41) is 12.4. The summed E-state index contributed by atoms with van der Waals surface area (Å²) >= 11 is 6.17. The Morgan fingerprint density at radius 3 is 2.61 bits per heavy atom. The number of amides is 1. The first-order valence-electron chi connectivity index (χ1n) is 6.83. The SMILES string of the molecule is CC(C)(C)OC(=O)NCc1cc2cc(OC(=O)O)[nH]c2cc1Cl. The molecule has 0 aliphatic heterocycles. The second-order valence-corrected chi connectivity index (χ2v) is 6.30. The highest BCUT2D eigenvalue weighted by Gasteiger charge is 2.16. The van der Waals surface area contributed by atoms with E-state index in [0.29, 0.717) is 21.5 Å². The Morgan fingerprint density at radius 2 is 2.00 bits per heavy atom. The van der Waals surface area contributed by atoms with E-state index >= 15 is 0 Å². The Hall–Kier alpha value is -2.41. The molecule has 124 valence electrons. The quantitative estimate of drug-likeness (QED) is 0.735. The third kappa shape index (κ3) is 4.79. The van der Waals surface area contributed by atoms with Gasteiger partial charge in [0, 0.05) is 28.5 Å². The summed E-state index contributed by atoms with van der Waals surface area (Å²) in [6.07, 6.45) is -1.95. The van der Waals surface area contributed by atoms with Crippen molar-refractivity contribution < 1.29 is 24.2 Å². The Kier molecular flexibility index (Phi) is 4.70. The minimum Gasteiger partial charge on any atom is -0.449 e. The normalized spacial score (nSPS) is 11.3. The summed E-state index contributed by atoms with van der Waals surface area (Å²) in [5.74, 6) is 0.0980. The average Bonchev–Trinajstić information content (AvgIpc) is 2.73. The summed E-state index contributed by atoms with van der Waals surface area (Å²) < 4.78 is 9.71. The van der Waals surface area contributed by atoms with E-state index < -0.39 is 17.8 Å². The second kappa shape index (κ2) is 6.37. The molecule has 2 rings (SSSR count). The van der Waals surface area contributed by atoms with Crippen LogP contribution in [0.1, 0.15) is 26.3 Å². The molecule has 1 aromatic carbocycles. The number of hydrogen-bond donors (Lipinski definition) is 3. The van der Waals surface area contributed by atoms with Crippen molar-refractivity contribution in [3.63, 3.8) is 0 Å². The number of ether oxygens (including phenoxy) is 2. The van der Waals surface area contributed by atoms with Gasteiger partial charge in [0.15, 0.2) is 0 Å². The maximum absolute atomic E-state index is 11.7. The van der Waals surface area contributed by atoms with Gasteiger partial charge >= 0.3 is 12.2 Å². The van der Waals surface area contributed by atoms with Crippen LogP contribution in [0.5, 0.6) is 5.88 Å². The zero-order chi connectivity index (χ0) is 17.2. The van der Waals surface area contributed by atoms with Crippen molar-refractivity contribution >= 4 is 34.8 Å². The molecule has 2 aromatic rings. The fourth-order valence-corrected chi connectivity index (χ4v) is 2.17. The van der Waals surface area contributed by atoms with E-state index in [1.807, 2.05) is 0 Å². The molecule has 1 heterocycles. The molecule has 0 aliphatic carbocycles. The first-order chi connectivity index (χ1) is 10.6. The lowest BCUT2D eigenvalue weighted by molar-refractivity contribution is 0.0523. The van der Waals surface area contributed by atoms with Gasteiger partial charge in [-0.05, 0) is 38.5 Å². The number of carbonyl (C=O) groups is 2. The molecule has 0 atom stereocenters. The van der Waals surface area contributed by atoms with Gasteiger partial charge in [-0.15, -0.1) is 0 Å². The van der Waals surface area contributed by atoms with Gasteiger partial charge < -0.3 is 24.9 Å². The predicted octanol–water partition coefficient (Wildman–Crippen LogP) is 3.90. The molecule has 0 fully saturated rings. The minimum atomic E-state index is -1.41. The van der Waals surface area contributed by atoms with Crippen LogP contribution in [-0.2, 0) is 11.3 Å². The molecular weight excluding hydrogens is 324 g/mol. The highest BCUT2D eigenvalue weighted by atomic mass is 35.5. The Morgan fingerprint density at radius 1 is 1.30 bits per heavy atom. The molecule has 0 saturated heterocycles. The first kappa shape index (κ1) is 17.0. The van der Waals surface area contributed by atoms with Gasteiger partial charge in [0.1, 0.15) is 5.60 Å². The largest absolute Gasteiger partial charge is 0.512 e. The number of rotatable bonds is 3. The number of nitrogens with one attached hydrogen (secondary N) is 2. The molecule has 0 bridgehead atoms. The monoisotopic (exact) mass is 340 g/mol. The zero-order valence-electron chi connectivity index (χ0n) is 12.9. The van der Waals surface area contributed by atoms with Crippen LogP contribution < -0.4 is 10.1 Å². The number of alkyl carbamates (subject to hydrolysis) is 1. The van der Waals surface area contributed by atoms with Crippen molar-refractivity contribution in [3.8, 4) is 5.88 Å². The Balaban J connectivity index is 2.13. The van der Waals surface area contributed by atoms with Crippen LogP contribution in [0.3, 0.4) is 0 Å². The van der Waals surface area contributed by atoms with E-state index in [1.54, 1.807) is 32.9 Å². The van der Waals surface area contributed by atoms with E-state index in [0.717, 1.165) is 0 Å². The molecule has 0 aliphatic rings. The standard InChI is InChI=1S/C15H17ClN2O5/c1-15(2,3)23-13(19)17-7-9-4-8-5-12(22-14(20)21)18-11(8)6-10(9)16/h4-6,18H,7H2,1-3H3,(H,17,19)(H,20,21). The summed E-state index contributed by atoms with van der Waals surface area (Å²) in [4.78, 5) is 25.0. The second-order valence-electron chi connectivity index (χ2n) is 5.89. The number of benzene rings is 1. The third-order valence-corrected chi connectivity index (χ3v) is 3.13. The number of halogens is 1. The number of carboxylic acid groups (broad SMARTS) is 1. The van der Waals surface area contributed by atoms with Gasteiger partial charge in [0.25, 0.3) is 0 Å². The van der Waals surface area contributed by atoms with E-state index in [9.17, 15) is 9.59 Å². The summed E-state index contributed by atoms with van der Waals surface area (Å²) in [7, 11) is 0. The summed E-state index contributed by atoms with van der Waals surface area (Å²) in [6.45, 7) is 5.50. The predicted molar refractivity (Wildman–Crippen MR) is 85.0 cm³/mol.